The Morgan fingerprint density at radius 1 is 1.15 bits per heavy atom. The molecular formula is C28H31N4O6P. The molecule has 1 heterocycles. The minimum Gasteiger partial charge on any atom is -0.490 e. The second kappa shape index (κ2) is 13.1. The van der Waals surface area contributed by atoms with Gasteiger partial charge in [0.1, 0.15) is 29.8 Å². The van der Waals surface area contributed by atoms with Crippen LogP contribution in [0.2, 0.25) is 0 Å². The number of hydrogen-bond acceptors (Lipinski definition) is 7. The molecule has 2 atom stereocenters. The molecule has 39 heavy (non-hydrogen) atoms. The fourth-order valence-corrected chi connectivity index (χ4v) is 4.55. The molecule has 2 aromatic carbocycles. The van der Waals surface area contributed by atoms with Gasteiger partial charge in [-0.25, -0.2) is 9.55 Å². The molecule has 1 aromatic heterocycles. The largest absolute Gasteiger partial charge is 0.490 e. The molecule has 0 saturated heterocycles. The van der Waals surface area contributed by atoms with E-state index in [-0.39, 0.29) is 18.8 Å². The van der Waals surface area contributed by atoms with Crippen molar-refractivity contribution in [1.29, 1.82) is 5.26 Å². The van der Waals surface area contributed by atoms with Crippen LogP contribution in [-0.2, 0) is 13.8 Å². The third-order valence-electron chi connectivity index (χ3n) is 6.48. The maximum Gasteiger partial charge on any atom is 0.469 e. The fraction of sp³-hybridized carbons (Fsp3) is 0.357. The summed E-state index contributed by atoms with van der Waals surface area (Å²) >= 11 is 0. The number of hydrogen-bond donors (Lipinski definition) is 3. The van der Waals surface area contributed by atoms with Crippen LogP contribution in [0.15, 0.2) is 60.9 Å². The molecule has 11 heteroatoms. The van der Waals surface area contributed by atoms with E-state index < -0.39 is 13.9 Å². The number of nitriles is 1. The first kappa shape index (κ1) is 28.5. The highest BCUT2D eigenvalue weighted by Gasteiger charge is 2.30. The summed E-state index contributed by atoms with van der Waals surface area (Å²) in [6.07, 6.45) is 4.87. The van der Waals surface area contributed by atoms with Crippen molar-refractivity contribution in [3.63, 3.8) is 0 Å². The van der Waals surface area contributed by atoms with Gasteiger partial charge < -0.3 is 29.1 Å². The molecule has 1 aliphatic rings. The first-order chi connectivity index (χ1) is 18.8. The summed E-state index contributed by atoms with van der Waals surface area (Å²) in [6, 6.07) is 17.4. The van der Waals surface area contributed by atoms with Crippen LogP contribution in [0.25, 0.3) is 11.1 Å². The Kier molecular flexibility index (Phi) is 9.55. The lowest BCUT2D eigenvalue weighted by atomic mass is 9.89. The van der Waals surface area contributed by atoms with E-state index in [1.165, 1.54) is 0 Å². The zero-order chi connectivity index (χ0) is 27.8. The lowest BCUT2D eigenvalue weighted by Gasteiger charge is -2.35. The van der Waals surface area contributed by atoms with E-state index in [0.29, 0.717) is 18.4 Å². The van der Waals surface area contributed by atoms with Crippen LogP contribution in [0.1, 0.15) is 43.3 Å². The van der Waals surface area contributed by atoms with E-state index in [2.05, 4.69) is 28.2 Å². The predicted octanol–water partition coefficient (Wildman–Crippen LogP) is 3.98. The number of imidazole rings is 1. The molecular weight excluding hydrogens is 519 g/mol. The summed E-state index contributed by atoms with van der Waals surface area (Å²) in [6.45, 7) is 1.87. The molecule has 1 fully saturated rings. The maximum absolute atomic E-state index is 11.3. The van der Waals surface area contributed by atoms with Gasteiger partial charge in [0.05, 0.1) is 19.2 Å². The number of nitrogens with one attached hydrogen (secondary N) is 1. The summed E-state index contributed by atoms with van der Waals surface area (Å²) < 4.78 is 29.1. The van der Waals surface area contributed by atoms with Crippen molar-refractivity contribution in [2.24, 2.45) is 0 Å². The third-order valence-corrected chi connectivity index (χ3v) is 6.96. The van der Waals surface area contributed by atoms with Gasteiger partial charge in [-0.15, -0.1) is 0 Å². The van der Waals surface area contributed by atoms with Crippen molar-refractivity contribution in [3.8, 4) is 34.8 Å². The molecule has 0 radical (unpaired) electrons. The molecule has 3 aromatic rings. The molecule has 0 spiro atoms. The Hall–Kier alpha value is -3.47. The van der Waals surface area contributed by atoms with E-state index in [4.69, 9.17) is 19.3 Å². The maximum atomic E-state index is 11.3. The van der Waals surface area contributed by atoms with Crippen LogP contribution in [0, 0.1) is 23.2 Å². The normalized spacial score (nSPS) is 18.2. The Bertz CT molecular complexity index is 1380. The van der Waals surface area contributed by atoms with Gasteiger partial charge in [0, 0.05) is 31.1 Å². The van der Waals surface area contributed by atoms with Gasteiger partial charge in [0.15, 0.2) is 0 Å². The number of phosphoric acid groups is 1. The lowest BCUT2D eigenvalue weighted by molar-refractivity contribution is 0.0869. The molecule has 0 amide bonds. The molecule has 10 nitrogen and oxygen atoms in total. The first-order valence-corrected chi connectivity index (χ1v) is 14.0. The van der Waals surface area contributed by atoms with E-state index >= 15 is 0 Å². The average molecular weight is 551 g/mol. The molecule has 1 saturated carbocycles. The minimum absolute atomic E-state index is 0.164. The summed E-state index contributed by atoms with van der Waals surface area (Å²) in [5, 5.41) is 11.8. The van der Waals surface area contributed by atoms with Crippen molar-refractivity contribution in [1.82, 2.24) is 14.9 Å². The van der Waals surface area contributed by atoms with Crippen molar-refractivity contribution < 1.29 is 28.3 Å². The molecule has 4 rings (SSSR count). The number of phosphoric ester groups is 1. The zero-order valence-electron chi connectivity index (χ0n) is 21.7. The van der Waals surface area contributed by atoms with Gasteiger partial charge in [-0.1, -0.05) is 36.1 Å². The van der Waals surface area contributed by atoms with Gasteiger partial charge >= 0.3 is 7.82 Å². The van der Waals surface area contributed by atoms with Crippen molar-refractivity contribution in [2.75, 3.05) is 20.3 Å². The average Bonchev–Trinajstić information content (AvgIpc) is 3.39. The highest BCUT2D eigenvalue weighted by Crippen LogP contribution is 2.37. The van der Waals surface area contributed by atoms with Crippen LogP contribution in [0.5, 0.6) is 5.75 Å². The number of methoxy groups -OCH3 is 1. The lowest BCUT2D eigenvalue weighted by Crippen LogP contribution is -2.46. The van der Waals surface area contributed by atoms with E-state index in [0.717, 1.165) is 35.3 Å². The number of ether oxygens (including phenoxy) is 2. The summed E-state index contributed by atoms with van der Waals surface area (Å²) in [4.78, 5) is 22.7. The number of aromatic nitrogens is 2. The van der Waals surface area contributed by atoms with Crippen molar-refractivity contribution >= 4 is 7.82 Å². The van der Waals surface area contributed by atoms with E-state index in [1.54, 1.807) is 24.1 Å². The van der Waals surface area contributed by atoms with Crippen LogP contribution >= 0.6 is 7.82 Å². The number of benzene rings is 2. The van der Waals surface area contributed by atoms with E-state index in [9.17, 15) is 14.4 Å². The topological polar surface area (TPSA) is 139 Å². The van der Waals surface area contributed by atoms with Crippen LogP contribution in [0.3, 0.4) is 0 Å². The predicted molar refractivity (Wildman–Crippen MR) is 144 cm³/mol. The van der Waals surface area contributed by atoms with Gasteiger partial charge in [0.2, 0.25) is 0 Å². The van der Waals surface area contributed by atoms with E-state index in [1.807, 2.05) is 55.5 Å². The van der Waals surface area contributed by atoms with Crippen molar-refractivity contribution in [3.05, 3.63) is 72.3 Å². The van der Waals surface area contributed by atoms with Gasteiger partial charge in [0.25, 0.3) is 0 Å². The van der Waals surface area contributed by atoms with Gasteiger partial charge in [-0.2, -0.15) is 5.26 Å². The molecule has 3 N–H and O–H groups in total. The highest BCUT2D eigenvalue weighted by atomic mass is 31.2. The number of rotatable bonds is 11. The molecule has 204 valence electrons. The summed E-state index contributed by atoms with van der Waals surface area (Å²) in [5.74, 6) is 7.52. The quantitative estimate of drug-likeness (QED) is 0.184. The summed E-state index contributed by atoms with van der Waals surface area (Å²) in [7, 11) is -3.12. The number of nitrogens with zero attached hydrogens (tertiary/aromatic N) is 3. The molecule has 0 unspecified atom stereocenters. The third kappa shape index (κ3) is 8.01. The Morgan fingerprint density at radius 3 is 2.44 bits per heavy atom. The highest BCUT2D eigenvalue weighted by molar-refractivity contribution is 7.46. The van der Waals surface area contributed by atoms with Crippen molar-refractivity contribution in [2.45, 2.75) is 44.1 Å². The minimum atomic E-state index is -4.68. The van der Waals surface area contributed by atoms with Crippen LogP contribution < -0.4 is 10.1 Å². The van der Waals surface area contributed by atoms with Crippen LogP contribution in [0.4, 0.5) is 0 Å². The Balaban J connectivity index is 1.41. The fourth-order valence-electron chi connectivity index (χ4n) is 4.22. The SMILES string of the molecule is CO[C@@H](C)c1nccn1[C@@H](C#Cc1ccc(-c2ccc(OC3CC(NCC#N)C3)cc2)cc1)COP(=O)(O)O. The van der Waals surface area contributed by atoms with Gasteiger partial charge in [-0.05, 0) is 55.2 Å². The van der Waals surface area contributed by atoms with Crippen LogP contribution in [-0.4, -0.2) is 51.7 Å². The second-order valence-corrected chi connectivity index (χ2v) is 10.4. The summed E-state index contributed by atoms with van der Waals surface area (Å²) in [5.41, 5.74) is 2.79. The molecule has 1 aliphatic carbocycles. The molecule has 0 aliphatic heterocycles. The molecule has 0 bridgehead atoms. The monoisotopic (exact) mass is 550 g/mol. The smallest absolute Gasteiger partial charge is 0.469 e. The Labute approximate surface area is 227 Å². The Morgan fingerprint density at radius 2 is 1.82 bits per heavy atom. The first-order valence-electron chi connectivity index (χ1n) is 12.5. The zero-order valence-corrected chi connectivity index (χ0v) is 22.6. The van der Waals surface area contributed by atoms with Gasteiger partial charge in [-0.3, -0.25) is 4.52 Å². The standard InChI is InChI=1S/C28H31N4O6P/c1-20(36-2)28-31-15-16-32(28)25(19-37-39(33,34)35)10-5-21-3-6-22(7-4-21)23-8-11-26(12-9-23)38-27-17-24(18-27)30-14-13-29/h3-4,6-9,11-12,15-16,20,24-25,27,30H,14,17-19H2,1-2H3,(H2,33,34,35)/t20-,24?,25-,27?/m0/s1. The second-order valence-electron chi connectivity index (χ2n) is 9.19.